The average Bonchev–Trinajstić information content (AvgIpc) is 2.63. The number of halogens is 1. The Bertz CT molecular complexity index is 793. The molecule has 2 rings (SSSR count). The van der Waals surface area contributed by atoms with Gasteiger partial charge in [-0.3, -0.25) is 4.79 Å². The van der Waals surface area contributed by atoms with Crippen LogP contribution in [0.1, 0.15) is 18.5 Å². The van der Waals surface area contributed by atoms with E-state index in [4.69, 9.17) is 4.74 Å². The van der Waals surface area contributed by atoms with Gasteiger partial charge in [-0.25, -0.2) is 4.39 Å². The predicted octanol–water partition coefficient (Wildman–Crippen LogP) is 3.53. The maximum Gasteiger partial charge on any atom is 0.263 e. The van der Waals surface area contributed by atoms with Crippen molar-refractivity contribution >= 4 is 11.6 Å². The first-order valence-corrected chi connectivity index (χ1v) is 7.60. The summed E-state index contributed by atoms with van der Waals surface area (Å²) < 4.78 is 18.0. The van der Waals surface area contributed by atoms with Gasteiger partial charge in [0.05, 0.1) is 13.2 Å². The number of nitrogens with zero attached hydrogens (tertiary/aromatic N) is 1. The zero-order chi connectivity index (χ0) is 18.2. The van der Waals surface area contributed by atoms with E-state index in [9.17, 15) is 14.4 Å². The molecule has 1 unspecified atom stereocenters. The predicted molar refractivity (Wildman–Crippen MR) is 93.3 cm³/mol. The largest absolute Gasteiger partial charge is 0.497 e. The number of carbonyl (C=O) groups is 1. The molecule has 0 bridgehead atoms. The van der Waals surface area contributed by atoms with Crippen LogP contribution >= 0.6 is 0 Å². The Morgan fingerprint density at radius 3 is 2.40 bits per heavy atom. The Labute approximate surface area is 145 Å². The van der Waals surface area contributed by atoms with Crippen molar-refractivity contribution in [2.75, 3.05) is 12.4 Å². The molecule has 0 aliphatic carbocycles. The van der Waals surface area contributed by atoms with Gasteiger partial charge in [-0.15, -0.1) is 0 Å². The van der Waals surface area contributed by atoms with Gasteiger partial charge in [0.15, 0.2) is 0 Å². The van der Waals surface area contributed by atoms with Crippen molar-refractivity contribution in [2.45, 2.75) is 13.0 Å². The highest BCUT2D eigenvalue weighted by molar-refractivity contribution is 5.97. The molecule has 0 aliphatic rings. The summed E-state index contributed by atoms with van der Waals surface area (Å²) in [4.78, 5) is 12.2. The zero-order valence-corrected chi connectivity index (χ0v) is 13.9. The quantitative estimate of drug-likeness (QED) is 0.624. The third kappa shape index (κ3) is 5.08. The number of benzene rings is 2. The summed E-state index contributed by atoms with van der Waals surface area (Å²) in [6.45, 7) is 1.82. The first-order chi connectivity index (χ1) is 12.0. The molecule has 2 aromatic carbocycles. The lowest BCUT2D eigenvalue weighted by molar-refractivity contribution is -0.117. The molecule has 0 saturated heterocycles. The molecule has 0 spiro atoms. The molecule has 128 valence electrons. The van der Waals surface area contributed by atoms with Crippen molar-refractivity contribution < 1.29 is 13.9 Å². The number of anilines is 1. The highest BCUT2D eigenvalue weighted by Crippen LogP contribution is 2.17. The van der Waals surface area contributed by atoms with Crippen LogP contribution in [0.15, 0.2) is 60.3 Å². The first-order valence-electron chi connectivity index (χ1n) is 7.60. The van der Waals surface area contributed by atoms with E-state index < -0.39 is 5.91 Å². The third-order valence-corrected chi connectivity index (χ3v) is 3.56. The summed E-state index contributed by atoms with van der Waals surface area (Å²) in [5.74, 6) is -0.134. The van der Waals surface area contributed by atoms with Gasteiger partial charge in [0.2, 0.25) is 0 Å². The molecule has 2 aromatic rings. The number of carbonyl (C=O) groups excluding carboxylic acids is 1. The molecule has 1 atom stereocenters. The Kier molecular flexibility index (Phi) is 6.13. The van der Waals surface area contributed by atoms with Crippen molar-refractivity contribution in [3.8, 4) is 11.8 Å². The van der Waals surface area contributed by atoms with Crippen LogP contribution in [0, 0.1) is 17.1 Å². The summed E-state index contributed by atoms with van der Waals surface area (Å²) >= 11 is 0. The second-order valence-corrected chi connectivity index (χ2v) is 5.29. The number of rotatable bonds is 6. The average molecular weight is 339 g/mol. The molecule has 0 aliphatic heterocycles. The van der Waals surface area contributed by atoms with Gasteiger partial charge in [-0.2, -0.15) is 5.26 Å². The van der Waals surface area contributed by atoms with Crippen LogP contribution in [0.4, 0.5) is 10.1 Å². The van der Waals surface area contributed by atoms with E-state index >= 15 is 0 Å². The van der Waals surface area contributed by atoms with Crippen LogP contribution < -0.4 is 15.4 Å². The van der Waals surface area contributed by atoms with Gasteiger partial charge in [0, 0.05) is 11.9 Å². The second-order valence-electron chi connectivity index (χ2n) is 5.29. The minimum atomic E-state index is -0.500. The number of nitriles is 1. The van der Waals surface area contributed by atoms with E-state index in [0.29, 0.717) is 5.69 Å². The molecular weight excluding hydrogens is 321 g/mol. The molecule has 0 heterocycles. The summed E-state index contributed by atoms with van der Waals surface area (Å²) in [7, 11) is 1.58. The molecule has 5 nitrogen and oxygen atoms in total. The van der Waals surface area contributed by atoms with Gasteiger partial charge in [-0.1, -0.05) is 12.1 Å². The van der Waals surface area contributed by atoms with E-state index in [2.05, 4.69) is 10.6 Å². The fraction of sp³-hybridized carbons (Fsp3) is 0.158. The van der Waals surface area contributed by atoms with Crippen molar-refractivity contribution in [1.29, 1.82) is 5.26 Å². The van der Waals surface area contributed by atoms with E-state index in [1.807, 2.05) is 25.1 Å². The van der Waals surface area contributed by atoms with Crippen LogP contribution in [-0.2, 0) is 4.79 Å². The molecular formula is C19H18FN3O2. The maximum absolute atomic E-state index is 12.9. The Morgan fingerprint density at radius 2 is 1.84 bits per heavy atom. The standard InChI is InChI=1S/C19H18FN3O2/c1-13(14-3-9-18(25-2)10-4-14)23-19(24)15(11-21)12-22-17-7-5-16(20)6-8-17/h3-10,12-13,22H,1-2H3,(H,23,24)/b15-12-. The first kappa shape index (κ1) is 18.0. The van der Waals surface area contributed by atoms with Crippen LogP contribution in [0.3, 0.4) is 0 Å². The van der Waals surface area contributed by atoms with E-state index in [0.717, 1.165) is 11.3 Å². The highest BCUT2D eigenvalue weighted by Gasteiger charge is 2.13. The topological polar surface area (TPSA) is 74.1 Å². The van der Waals surface area contributed by atoms with Gasteiger partial charge < -0.3 is 15.4 Å². The zero-order valence-electron chi connectivity index (χ0n) is 13.9. The van der Waals surface area contributed by atoms with Crippen molar-refractivity contribution in [3.05, 3.63) is 71.7 Å². The summed E-state index contributed by atoms with van der Waals surface area (Å²) in [6.07, 6.45) is 1.29. The SMILES string of the molecule is COc1ccc(C(C)NC(=O)/C(C#N)=C\Nc2ccc(F)cc2)cc1. The fourth-order valence-electron chi connectivity index (χ4n) is 2.10. The van der Waals surface area contributed by atoms with E-state index in [1.54, 1.807) is 19.2 Å². The lowest BCUT2D eigenvalue weighted by atomic mass is 10.1. The highest BCUT2D eigenvalue weighted by atomic mass is 19.1. The number of amides is 1. The van der Waals surface area contributed by atoms with Crippen molar-refractivity contribution in [1.82, 2.24) is 5.32 Å². The number of hydrogen-bond acceptors (Lipinski definition) is 4. The van der Waals surface area contributed by atoms with E-state index in [-0.39, 0.29) is 17.4 Å². The van der Waals surface area contributed by atoms with E-state index in [1.165, 1.54) is 30.5 Å². The summed E-state index contributed by atoms with van der Waals surface area (Å²) in [5, 5.41) is 14.7. The second kappa shape index (κ2) is 8.50. The molecule has 0 fully saturated rings. The summed E-state index contributed by atoms with van der Waals surface area (Å²) in [5.41, 5.74) is 1.38. The number of nitrogens with one attached hydrogen (secondary N) is 2. The molecule has 0 saturated carbocycles. The van der Waals surface area contributed by atoms with Gasteiger partial charge >= 0.3 is 0 Å². The lowest BCUT2D eigenvalue weighted by Gasteiger charge is -2.14. The molecule has 0 radical (unpaired) electrons. The number of ether oxygens (including phenoxy) is 1. The minimum absolute atomic E-state index is 0.0790. The monoisotopic (exact) mass is 339 g/mol. The Balaban J connectivity index is 2.01. The van der Waals surface area contributed by atoms with Crippen molar-refractivity contribution in [2.24, 2.45) is 0 Å². The van der Waals surface area contributed by atoms with Gasteiger partial charge in [0.25, 0.3) is 5.91 Å². The molecule has 6 heteroatoms. The molecule has 2 N–H and O–H groups in total. The fourth-order valence-corrected chi connectivity index (χ4v) is 2.10. The smallest absolute Gasteiger partial charge is 0.263 e. The van der Waals surface area contributed by atoms with Gasteiger partial charge in [0.1, 0.15) is 23.2 Å². The van der Waals surface area contributed by atoms with Crippen LogP contribution in [0.2, 0.25) is 0 Å². The van der Waals surface area contributed by atoms with Crippen molar-refractivity contribution in [3.63, 3.8) is 0 Å². The Hall–Kier alpha value is -3.33. The van der Waals surface area contributed by atoms with Crippen LogP contribution in [-0.4, -0.2) is 13.0 Å². The molecule has 0 aromatic heterocycles. The molecule has 1 amide bonds. The summed E-state index contributed by atoms with van der Waals surface area (Å²) in [6, 6.07) is 14.5. The van der Waals surface area contributed by atoms with Crippen LogP contribution in [0.25, 0.3) is 0 Å². The lowest BCUT2D eigenvalue weighted by Crippen LogP contribution is -2.28. The Morgan fingerprint density at radius 1 is 1.20 bits per heavy atom. The van der Waals surface area contributed by atoms with Gasteiger partial charge in [-0.05, 0) is 48.9 Å². The van der Waals surface area contributed by atoms with Crippen LogP contribution in [0.5, 0.6) is 5.75 Å². The third-order valence-electron chi connectivity index (χ3n) is 3.56. The number of hydrogen-bond donors (Lipinski definition) is 2. The normalized spacial score (nSPS) is 12.0. The number of methoxy groups -OCH3 is 1. The maximum atomic E-state index is 12.9. The minimum Gasteiger partial charge on any atom is -0.497 e. The molecule has 25 heavy (non-hydrogen) atoms.